The fourth-order valence-electron chi connectivity index (χ4n) is 10.6. The number of carbonyl (C=O) groups excluding carboxylic acids is 1. The van der Waals surface area contributed by atoms with Crippen molar-refractivity contribution < 1.29 is 14.6 Å². The molecule has 11 unspecified atom stereocenters. The molecule has 0 radical (unpaired) electrons. The Morgan fingerprint density at radius 1 is 0.943 bits per heavy atom. The number of aliphatic hydroxyl groups excluding tert-OH is 1. The van der Waals surface area contributed by atoms with Crippen LogP contribution in [0.4, 0.5) is 0 Å². The zero-order valence-electron chi connectivity index (χ0n) is 23.8. The second-order valence-electron chi connectivity index (χ2n) is 16.2. The van der Waals surface area contributed by atoms with Gasteiger partial charge in [0.15, 0.2) is 0 Å². The fraction of sp³-hybridized carbons (Fsp3) is 0.969. The molecule has 0 saturated heterocycles. The highest BCUT2D eigenvalue weighted by atomic mass is 16.6. The van der Waals surface area contributed by atoms with Gasteiger partial charge in [-0.2, -0.15) is 0 Å². The van der Waals surface area contributed by atoms with Crippen LogP contribution in [-0.2, 0) is 9.53 Å². The standard InChI is InChI=1S/C32H54O3/c1-8-32(16-19-9-10-23(32)11-19)35-27(34)15-26(33)24-13-20-14-25(24)29-22(18-31(5,6)7)12-21(28(20)29)17-30(2,3)4/h19-26,28-29,33H,8-18H2,1-7H3. The van der Waals surface area contributed by atoms with Crippen LogP contribution in [-0.4, -0.2) is 22.8 Å². The van der Waals surface area contributed by atoms with Gasteiger partial charge in [0.2, 0.25) is 0 Å². The molecule has 5 rings (SSSR count). The molecule has 200 valence electrons. The largest absolute Gasteiger partial charge is 0.459 e. The van der Waals surface area contributed by atoms with Crippen molar-refractivity contribution in [2.24, 2.45) is 64.1 Å². The summed E-state index contributed by atoms with van der Waals surface area (Å²) in [4.78, 5) is 13.1. The molecule has 0 spiro atoms. The molecule has 11 atom stereocenters. The van der Waals surface area contributed by atoms with Gasteiger partial charge in [-0.15, -0.1) is 0 Å². The maximum absolute atomic E-state index is 13.1. The first-order chi connectivity index (χ1) is 16.3. The third kappa shape index (κ3) is 4.98. The molecule has 3 nitrogen and oxygen atoms in total. The van der Waals surface area contributed by atoms with Crippen molar-refractivity contribution in [2.45, 2.75) is 131 Å². The molecule has 0 aromatic heterocycles. The van der Waals surface area contributed by atoms with Crippen LogP contribution in [0.3, 0.4) is 0 Å². The first kappa shape index (κ1) is 26.1. The van der Waals surface area contributed by atoms with Crippen molar-refractivity contribution in [3.63, 3.8) is 0 Å². The Hall–Kier alpha value is -0.570. The molecular weight excluding hydrogens is 432 g/mol. The van der Waals surface area contributed by atoms with E-state index in [0.29, 0.717) is 28.6 Å². The van der Waals surface area contributed by atoms with E-state index in [9.17, 15) is 9.90 Å². The van der Waals surface area contributed by atoms with Crippen LogP contribution in [0.1, 0.15) is 119 Å². The number of ether oxygens (including phenoxy) is 1. The van der Waals surface area contributed by atoms with Gasteiger partial charge in [-0.05, 0) is 128 Å². The predicted octanol–water partition coefficient (Wildman–Crippen LogP) is 7.65. The van der Waals surface area contributed by atoms with Crippen molar-refractivity contribution in [2.75, 3.05) is 0 Å². The van der Waals surface area contributed by atoms with E-state index in [4.69, 9.17) is 4.74 Å². The number of rotatable bonds is 7. The Kier molecular flexibility index (Phi) is 6.71. The Morgan fingerprint density at radius 2 is 1.60 bits per heavy atom. The molecule has 5 aliphatic rings. The highest BCUT2D eigenvalue weighted by Crippen LogP contribution is 2.67. The number of hydrogen-bond donors (Lipinski definition) is 1. The third-order valence-electron chi connectivity index (χ3n) is 11.3. The van der Waals surface area contributed by atoms with Crippen molar-refractivity contribution in [1.82, 2.24) is 0 Å². The minimum Gasteiger partial charge on any atom is -0.459 e. The van der Waals surface area contributed by atoms with Gasteiger partial charge in [-0.1, -0.05) is 48.5 Å². The summed E-state index contributed by atoms with van der Waals surface area (Å²) < 4.78 is 6.24. The van der Waals surface area contributed by atoms with Gasteiger partial charge in [-0.25, -0.2) is 0 Å². The maximum atomic E-state index is 13.1. The minimum atomic E-state index is -0.525. The molecule has 3 heteroatoms. The topological polar surface area (TPSA) is 46.5 Å². The molecule has 0 amide bonds. The van der Waals surface area contributed by atoms with Crippen molar-refractivity contribution in [3.05, 3.63) is 0 Å². The molecular formula is C32H54O3. The smallest absolute Gasteiger partial charge is 0.308 e. The summed E-state index contributed by atoms with van der Waals surface area (Å²) in [6.07, 6.45) is 11.9. The summed E-state index contributed by atoms with van der Waals surface area (Å²) in [5.41, 5.74) is 0.495. The normalized spacial score (nSPS) is 45.2. The van der Waals surface area contributed by atoms with Gasteiger partial charge in [0.25, 0.3) is 0 Å². The van der Waals surface area contributed by atoms with E-state index >= 15 is 0 Å². The summed E-state index contributed by atoms with van der Waals surface area (Å²) in [5.74, 6) is 6.05. The summed E-state index contributed by atoms with van der Waals surface area (Å²) >= 11 is 0. The SMILES string of the molecule is CCC1(OC(=O)CC(O)C2CC3CC2C2C(CC(C)(C)C)CC(CC(C)(C)C)C32)CC2CCC1C2. The van der Waals surface area contributed by atoms with Gasteiger partial charge < -0.3 is 9.84 Å². The van der Waals surface area contributed by atoms with Crippen LogP contribution in [0.25, 0.3) is 0 Å². The van der Waals surface area contributed by atoms with E-state index in [1.807, 2.05) is 0 Å². The fourth-order valence-corrected chi connectivity index (χ4v) is 10.6. The maximum Gasteiger partial charge on any atom is 0.308 e. The van der Waals surface area contributed by atoms with Crippen molar-refractivity contribution >= 4 is 5.97 Å². The van der Waals surface area contributed by atoms with E-state index in [2.05, 4.69) is 48.5 Å². The molecule has 0 aromatic carbocycles. The van der Waals surface area contributed by atoms with Crippen molar-refractivity contribution in [3.8, 4) is 0 Å². The molecule has 0 aromatic rings. The quantitative estimate of drug-likeness (QED) is 0.376. The summed E-state index contributed by atoms with van der Waals surface area (Å²) in [6.45, 7) is 16.6. The summed E-state index contributed by atoms with van der Waals surface area (Å²) in [6, 6.07) is 0. The van der Waals surface area contributed by atoms with E-state index in [1.165, 1.54) is 44.9 Å². The van der Waals surface area contributed by atoms with Crippen LogP contribution in [0.5, 0.6) is 0 Å². The molecule has 0 heterocycles. The van der Waals surface area contributed by atoms with Gasteiger partial charge in [0.05, 0.1) is 12.5 Å². The number of aliphatic hydroxyl groups is 1. The lowest BCUT2D eigenvalue weighted by atomic mass is 9.66. The average Bonchev–Trinajstić information content (AvgIpc) is 3.51. The van der Waals surface area contributed by atoms with Crippen molar-refractivity contribution in [1.29, 1.82) is 0 Å². The molecule has 5 saturated carbocycles. The average molecular weight is 487 g/mol. The molecule has 5 aliphatic carbocycles. The monoisotopic (exact) mass is 486 g/mol. The number of esters is 1. The molecule has 0 aliphatic heterocycles. The number of hydrogen-bond acceptors (Lipinski definition) is 3. The molecule has 1 N–H and O–H groups in total. The first-order valence-corrected chi connectivity index (χ1v) is 15.2. The van der Waals surface area contributed by atoms with E-state index in [0.717, 1.165) is 54.8 Å². The van der Waals surface area contributed by atoms with Crippen LogP contribution in [0.15, 0.2) is 0 Å². The third-order valence-corrected chi connectivity index (χ3v) is 11.3. The molecule has 4 bridgehead atoms. The number of fused-ring (bicyclic) bond motifs is 7. The Morgan fingerprint density at radius 3 is 2.14 bits per heavy atom. The second-order valence-corrected chi connectivity index (χ2v) is 16.2. The van der Waals surface area contributed by atoms with E-state index in [-0.39, 0.29) is 18.0 Å². The predicted molar refractivity (Wildman–Crippen MR) is 142 cm³/mol. The second kappa shape index (κ2) is 9.02. The lowest BCUT2D eigenvalue weighted by molar-refractivity contribution is -0.170. The van der Waals surface area contributed by atoms with Crippen LogP contribution >= 0.6 is 0 Å². The van der Waals surface area contributed by atoms with Gasteiger partial charge in [-0.3, -0.25) is 4.79 Å². The van der Waals surface area contributed by atoms with Gasteiger partial charge in [0, 0.05) is 0 Å². The summed E-state index contributed by atoms with van der Waals surface area (Å²) in [7, 11) is 0. The van der Waals surface area contributed by atoms with Crippen LogP contribution < -0.4 is 0 Å². The first-order valence-electron chi connectivity index (χ1n) is 15.2. The van der Waals surface area contributed by atoms with Gasteiger partial charge >= 0.3 is 5.97 Å². The molecule has 35 heavy (non-hydrogen) atoms. The Balaban J connectivity index is 1.26. The molecule has 5 fully saturated rings. The summed E-state index contributed by atoms with van der Waals surface area (Å²) in [5, 5.41) is 11.4. The lowest BCUT2D eigenvalue weighted by Crippen LogP contribution is -2.42. The Bertz CT molecular complexity index is 790. The highest BCUT2D eigenvalue weighted by molar-refractivity contribution is 5.70. The van der Waals surface area contributed by atoms with Crippen LogP contribution in [0, 0.1) is 64.1 Å². The lowest BCUT2D eigenvalue weighted by Gasteiger charge is -2.40. The number of carbonyl (C=O) groups is 1. The van der Waals surface area contributed by atoms with Gasteiger partial charge in [0.1, 0.15) is 5.60 Å². The highest BCUT2D eigenvalue weighted by Gasteiger charge is 2.62. The zero-order chi connectivity index (χ0) is 25.3. The van der Waals surface area contributed by atoms with E-state index < -0.39 is 6.10 Å². The zero-order valence-corrected chi connectivity index (χ0v) is 23.8. The minimum absolute atomic E-state index is 0.130. The van der Waals surface area contributed by atoms with E-state index in [1.54, 1.807) is 0 Å². The van der Waals surface area contributed by atoms with Crippen LogP contribution in [0.2, 0.25) is 0 Å². The Labute approximate surface area is 215 Å².